The van der Waals surface area contributed by atoms with Crippen molar-refractivity contribution in [2.75, 3.05) is 32.7 Å². The van der Waals surface area contributed by atoms with E-state index in [-0.39, 0.29) is 48.0 Å². The largest absolute Gasteiger partial charge is 1.00 e. The first-order chi connectivity index (χ1) is 29.6. The van der Waals surface area contributed by atoms with Gasteiger partial charge in [-0.2, -0.15) is 14.4 Å². The summed E-state index contributed by atoms with van der Waals surface area (Å²) in [4.78, 5) is 2.24. The second-order valence-electron chi connectivity index (χ2n) is 14.9. The molecule has 0 aliphatic rings. The molecule has 2 heterocycles. The number of unbranched alkanes of at least 4 members (excludes halogenated alkanes) is 2. The molecular formula is C53H52Br2I2N4O2. The van der Waals surface area contributed by atoms with Crippen LogP contribution in [-0.2, 0) is 14.1 Å². The number of ether oxygens (including phenoxy) is 2. The Bertz CT molecular complexity index is 2610. The summed E-state index contributed by atoms with van der Waals surface area (Å²) in [5, 5.41) is 8.73. The Kier molecular flexibility index (Phi) is 20.3. The van der Waals surface area contributed by atoms with Crippen LogP contribution in [0.25, 0.3) is 56.9 Å². The molecule has 0 radical (unpaired) electrons. The molecule has 0 amide bonds. The second-order valence-corrected chi connectivity index (χ2v) is 16.7. The molecule has 0 fully saturated rings. The SMILES string of the molecule is COc1ccc(-c2cc(/C=C/c3ccc(N(C)CCCCC#N)cc3)[n+](C)c(-c3ccc(Br)cc3)c2)cc1.COc1ccc(-c2cc(C)[n+](C)c(-c3ccc(Br)cc3)c2)cc1.[I-].[I-]. The molecule has 63 heavy (non-hydrogen) atoms. The highest BCUT2D eigenvalue weighted by Crippen LogP contribution is 2.30. The minimum absolute atomic E-state index is 0. The molecule has 7 aromatic rings. The van der Waals surface area contributed by atoms with Crippen molar-refractivity contribution in [2.45, 2.75) is 26.2 Å². The van der Waals surface area contributed by atoms with Gasteiger partial charge >= 0.3 is 0 Å². The monoisotopic (exact) mass is 1190 g/mol. The van der Waals surface area contributed by atoms with Crippen LogP contribution in [0, 0.1) is 18.3 Å². The fourth-order valence-electron chi connectivity index (χ4n) is 7.04. The quantitative estimate of drug-likeness (QED) is 0.0722. The zero-order valence-corrected chi connectivity index (χ0v) is 43.9. The van der Waals surface area contributed by atoms with E-state index in [1.807, 2.05) is 24.3 Å². The summed E-state index contributed by atoms with van der Waals surface area (Å²) in [7, 11) is 9.69. The van der Waals surface area contributed by atoms with E-state index in [9.17, 15) is 0 Å². The van der Waals surface area contributed by atoms with Crippen molar-refractivity contribution in [3.63, 3.8) is 0 Å². The number of anilines is 1. The van der Waals surface area contributed by atoms with Gasteiger partial charge in [0.05, 0.1) is 20.3 Å². The molecule has 324 valence electrons. The van der Waals surface area contributed by atoms with Crippen molar-refractivity contribution in [1.29, 1.82) is 5.26 Å². The van der Waals surface area contributed by atoms with Crippen molar-refractivity contribution in [2.24, 2.45) is 14.1 Å². The first-order valence-electron chi connectivity index (χ1n) is 20.3. The Hall–Kier alpha value is -4.55. The lowest BCUT2D eigenvalue weighted by Gasteiger charge is -2.19. The summed E-state index contributed by atoms with van der Waals surface area (Å²) in [6.07, 6.45) is 6.92. The third-order valence-corrected chi connectivity index (χ3v) is 11.9. The van der Waals surface area contributed by atoms with Crippen LogP contribution >= 0.6 is 31.9 Å². The van der Waals surface area contributed by atoms with Crippen LogP contribution in [0.1, 0.15) is 36.2 Å². The van der Waals surface area contributed by atoms with E-state index < -0.39 is 0 Å². The van der Waals surface area contributed by atoms with E-state index in [1.165, 1.54) is 33.8 Å². The van der Waals surface area contributed by atoms with Gasteiger partial charge in [0, 0.05) is 83.0 Å². The maximum Gasteiger partial charge on any atom is 0.213 e. The lowest BCUT2D eigenvalue weighted by atomic mass is 10.0. The van der Waals surface area contributed by atoms with Gasteiger partial charge in [-0.1, -0.05) is 68.3 Å². The summed E-state index contributed by atoms with van der Waals surface area (Å²) in [5.74, 6) is 1.72. The standard InChI is InChI=1S/C33H33BrN3O.C20H19BrNO.2HI/c1-36(22-6-4-5-21-35)30-16-7-25(8-17-30)9-18-31-23-28(26-12-19-32(38-3)20-13-26)24-33(37(31)2)27-10-14-29(34)15-11-27;1-14-12-17(15-6-10-19(23-3)11-7-15)13-20(22(14)2)16-4-8-18(21)9-5-16;;/h7-20,23-24H,4-6,22H2,1-3H3;4-13H,1-3H3;2*1H/q2*+1;;/p-2. The molecule has 5 aromatic carbocycles. The van der Waals surface area contributed by atoms with E-state index >= 15 is 0 Å². The number of halogens is 4. The van der Waals surface area contributed by atoms with Crippen LogP contribution < -0.4 is 71.5 Å². The van der Waals surface area contributed by atoms with E-state index in [0.717, 1.165) is 73.5 Å². The first kappa shape index (κ1) is 51.1. The van der Waals surface area contributed by atoms with Gasteiger partial charge in [-0.25, -0.2) is 0 Å². The number of hydrogen-bond acceptors (Lipinski definition) is 4. The van der Waals surface area contributed by atoms with Crippen LogP contribution in [0.2, 0.25) is 0 Å². The number of aryl methyl sites for hydroxylation is 1. The first-order valence-corrected chi connectivity index (χ1v) is 21.9. The summed E-state index contributed by atoms with van der Waals surface area (Å²) in [5.41, 5.74) is 14.0. The molecule has 0 atom stereocenters. The van der Waals surface area contributed by atoms with Crippen LogP contribution in [0.4, 0.5) is 5.69 Å². The topological polar surface area (TPSA) is 53.3 Å². The van der Waals surface area contributed by atoms with E-state index in [4.69, 9.17) is 14.7 Å². The summed E-state index contributed by atoms with van der Waals surface area (Å²) < 4.78 is 17.2. The maximum absolute atomic E-state index is 8.73. The predicted molar refractivity (Wildman–Crippen MR) is 258 cm³/mol. The smallest absolute Gasteiger partial charge is 0.213 e. The maximum atomic E-state index is 8.73. The molecule has 6 nitrogen and oxygen atoms in total. The average Bonchev–Trinajstić information content (AvgIpc) is 3.29. The Morgan fingerprint density at radius 2 is 1.03 bits per heavy atom. The van der Waals surface area contributed by atoms with Crippen molar-refractivity contribution in [3.05, 3.63) is 171 Å². The number of hydrogen-bond donors (Lipinski definition) is 0. The molecule has 10 heteroatoms. The lowest BCUT2D eigenvalue weighted by molar-refractivity contribution is -0.666. The highest BCUT2D eigenvalue weighted by molar-refractivity contribution is 9.10. The Balaban J connectivity index is 0.000000299. The molecule has 0 N–H and O–H groups in total. The number of benzene rings is 5. The third-order valence-electron chi connectivity index (χ3n) is 10.8. The normalized spacial score (nSPS) is 10.5. The molecule has 0 spiro atoms. The van der Waals surface area contributed by atoms with E-state index in [2.05, 4.69) is 214 Å². The molecule has 7 rings (SSSR count). The van der Waals surface area contributed by atoms with Gasteiger partial charge in [-0.3, -0.25) is 0 Å². The third kappa shape index (κ3) is 14.0. The number of rotatable bonds is 13. The minimum atomic E-state index is 0. The summed E-state index contributed by atoms with van der Waals surface area (Å²) >= 11 is 7.05. The molecule has 0 unspecified atom stereocenters. The zero-order chi connectivity index (χ0) is 43.3. The average molecular weight is 1190 g/mol. The van der Waals surface area contributed by atoms with Crippen LogP contribution in [-0.4, -0.2) is 27.8 Å². The van der Waals surface area contributed by atoms with E-state index in [0.29, 0.717) is 6.42 Å². The molecule has 2 aromatic heterocycles. The highest BCUT2D eigenvalue weighted by atomic mass is 127. The van der Waals surface area contributed by atoms with Gasteiger partial charge < -0.3 is 62.3 Å². The summed E-state index contributed by atoms with van der Waals surface area (Å²) in [6.45, 7) is 3.08. The molecule has 0 aliphatic heterocycles. The van der Waals surface area contributed by atoms with Gasteiger partial charge in [0.15, 0.2) is 5.69 Å². The number of aromatic nitrogens is 2. The summed E-state index contributed by atoms with van der Waals surface area (Å²) in [6, 6.07) is 53.0. The van der Waals surface area contributed by atoms with Crippen LogP contribution in [0.5, 0.6) is 11.5 Å². The molecular weight excluding hydrogens is 1140 g/mol. The molecule has 0 saturated heterocycles. The second kappa shape index (κ2) is 25.1. The Morgan fingerprint density at radius 1 is 0.571 bits per heavy atom. The van der Waals surface area contributed by atoms with Gasteiger partial charge in [-0.05, 0) is 132 Å². The Labute approximate surface area is 424 Å². The zero-order valence-electron chi connectivity index (χ0n) is 36.5. The van der Waals surface area contributed by atoms with Gasteiger partial charge in [0.2, 0.25) is 17.1 Å². The van der Waals surface area contributed by atoms with Crippen LogP contribution in [0.3, 0.4) is 0 Å². The van der Waals surface area contributed by atoms with Gasteiger partial charge in [0.1, 0.15) is 25.6 Å². The lowest BCUT2D eigenvalue weighted by Crippen LogP contribution is -3.00. The fraction of sp³-hybridized carbons (Fsp3) is 0.189. The number of nitriles is 1. The molecule has 0 aliphatic carbocycles. The van der Waals surface area contributed by atoms with Crippen molar-refractivity contribution in [1.82, 2.24) is 0 Å². The minimum Gasteiger partial charge on any atom is -1.00 e. The van der Waals surface area contributed by atoms with Crippen molar-refractivity contribution < 1.29 is 66.6 Å². The predicted octanol–water partition coefficient (Wildman–Crippen LogP) is 6.85. The number of nitrogens with zero attached hydrogens (tertiary/aromatic N) is 4. The van der Waals surface area contributed by atoms with Crippen LogP contribution in [0.15, 0.2) is 155 Å². The molecule has 0 bridgehead atoms. The highest BCUT2D eigenvalue weighted by Gasteiger charge is 2.18. The van der Waals surface area contributed by atoms with Gasteiger partial charge in [-0.15, -0.1) is 0 Å². The molecule has 0 saturated carbocycles. The number of methoxy groups -OCH3 is 2. The van der Waals surface area contributed by atoms with Gasteiger partial charge in [0.25, 0.3) is 0 Å². The van der Waals surface area contributed by atoms with Crippen molar-refractivity contribution >= 4 is 49.7 Å². The van der Waals surface area contributed by atoms with Crippen molar-refractivity contribution in [3.8, 4) is 62.3 Å². The fourth-order valence-corrected chi connectivity index (χ4v) is 7.57. The number of pyridine rings is 2. The Morgan fingerprint density at radius 3 is 1.51 bits per heavy atom. The van der Waals surface area contributed by atoms with E-state index in [1.54, 1.807) is 14.2 Å².